The van der Waals surface area contributed by atoms with Crippen molar-refractivity contribution in [2.24, 2.45) is 18.4 Å². The molecule has 0 aromatic carbocycles. The molecule has 1 N–H and O–H groups in total. The number of carbonyl (C=O) groups is 1. The van der Waals surface area contributed by atoms with Crippen molar-refractivity contribution in [3.8, 4) is 11.7 Å². The lowest BCUT2D eigenvalue weighted by molar-refractivity contribution is -0.190. The van der Waals surface area contributed by atoms with Gasteiger partial charge in [-0.1, -0.05) is 6.92 Å². The summed E-state index contributed by atoms with van der Waals surface area (Å²) in [6.45, 7) is 8.14. The number of hydrogen-bond donors (Lipinski definition) is 1. The van der Waals surface area contributed by atoms with Crippen molar-refractivity contribution in [1.29, 1.82) is 0 Å². The molecule has 4 heterocycles. The Morgan fingerprint density at radius 2 is 1.90 bits per heavy atom. The van der Waals surface area contributed by atoms with Crippen molar-refractivity contribution in [3.63, 3.8) is 0 Å². The van der Waals surface area contributed by atoms with Crippen LogP contribution in [-0.2, 0) is 17.1 Å². The second-order valence-electron chi connectivity index (χ2n) is 11.9. The third-order valence-electron chi connectivity index (χ3n) is 8.00. The summed E-state index contributed by atoms with van der Waals surface area (Å²) in [5.41, 5.74) is -1.72. The molecule has 0 bridgehead atoms. The Hall–Kier alpha value is -3.62. The van der Waals surface area contributed by atoms with Gasteiger partial charge in [0.25, 0.3) is 15.9 Å². The molecule has 3 aromatic rings. The average Bonchev–Trinajstić information content (AvgIpc) is 3.25. The SMILES string of the molecule is Cc1nn(C)cc1S(=O)(=O)NC(=O)c1ccc(-n2ccc(OCCC3(C(F)(F)F)CC3)n2)nc1N1C[C@@H](C)CC1(C)C. The third-order valence-corrected chi connectivity index (χ3v) is 9.44. The quantitative estimate of drug-likeness (QED) is 0.384. The molecule has 42 heavy (non-hydrogen) atoms. The standard InChI is InChI=1S/C27H34F3N7O4S/c1-17-14-25(3,4)36(15-17)23-19(24(38)34-42(39,40)20-16-35(5)32-18(20)2)6-7-21(31-23)37-12-8-22(33-37)41-13-11-26(9-10-26)27(28,29)30/h6-8,12,16-17H,9-11,13-15H2,1-5H3,(H,34,38)/t17-/m0/s1. The van der Waals surface area contributed by atoms with Crippen molar-refractivity contribution < 1.29 is 31.1 Å². The lowest BCUT2D eigenvalue weighted by Gasteiger charge is -2.34. The summed E-state index contributed by atoms with van der Waals surface area (Å²) in [4.78, 5) is 20.0. The fourth-order valence-corrected chi connectivity index (χ4v) is 6.86. The monoisotopic (exact) mass is 609 g/mol. The van der Waals surface area contributed by atoms with Crippen molar-refractivity contribution in [2.45, 2.75) is 70.0 Å². The van der Waals surface area contributed by atoms with Gasteiger partial charge in [-0.25, -0.2) is 22.8 Å². The number of amides is 1. The Balaban J connectivity index is 1.41. The average molecular weight is 610 g/mol. The van der Waals surface area contributed by atoms with Gasteiger partial charge in [0.15, 0.2) is 5.82 Å². The fourth-order valence-electron chi connectivity index (χ4n) is 5.67. The number of halogens is 3. The number of anilines is 1. The van der Waals surface area contributed by atoms with Gasteiger partial charge in [0.05, 0.1) is 23.3 Å². The normalized spacial score (nSPS) is 19.6. The highest BCUT2D eigenvalue weighted by atomic mass is 32.2. The van der Waals surface area contributed by atoms with Crippen LogP contribution in [0.4, 0.5) is 19.0 Å². The lowest BCUT2D eigenvalue weighted by Crippen LogP contribution is -2.41. The zero-order valence-corrected chi connectivity index (χ0v) is 24.9. The third kappa shape index (κ3) is 5.70. The van der Waals surface area contributed by atoms with Crippen LogP contribution in [0.1, 0.15) is 62.5 Å². The number of ether oxygens (including phenoxy) is 1. The van der Waals surface area contributed by atoms with E-state index in [1.54, 1.807) is 13.2 Å². The van der Waals surface area contributed by atoms with Crippen LogP contribution in [0.25, 0.3) is 5.82 Å². The molecule has 1 aliphatic carbocycles. The molecule has 2 aliphatic rings. The zero-order chi connectivity index (χ0) is 30.7. The minimum absolute atomic E-state index is 0.0663. The smallest absolute Gasteiger partial charge is 0.394 e. The van der Waals surface area contributed by atoms with Gasteiger partial charge in [0.1, 0.15) is 10.7 Å². The Labute approximate surface area is 242 Å². The van der Waals surface area contributed by atoms with Crippen LogP contribution in [0.2, 0.25) is 0 Å². The number of sulfonamides is 1. The number of alkyl halides is 3. The van der Waals surface area contributed by atoms with Gasteiger partial charge in [-0.2, -0.15) is 18.3 Å². The van der Waals surface area contributed by atoms with E-state index < -0.39 is 27.5 Å². The van der Waals surface area contributed by atoms with E-state index in [1.165, 1.54) is 40.7 Å². The Bertz CT molecular complexity index is 1610. The van der Waals surface area contributed by atoms with E-state index in [9.17, 15) is 26.4 Å². The first-order valence-electron chi connectivity index (χ1n) is 13.6. The predicted octanol–water partition coefficient (Wildman–Crippen LogP) is 4.16. The molecular weight excluding hydrogens is 575 g/mol. The molecule has 228 valence electrons. The molecule has 0 radical (unpaired) electrons. The number of rotatable bonds is 9. The van der Waals surface area contributed by atoms with Gasteiger partial charge in [0, 0.05) is 37.6 Å². The van der Waals surface area contributed by atoms with Crippen molar-refractivity contribution in [3.05, 3.63) is 41.9 Å². The highest BCUT2D eigenvalue weighted by molar-refractivity contribution is 7.90. The van der Waals surface area contributed by atoms with E-state index in [2.05, 4.69) is 21.8 Å². The van der Waals surface area contributed by atoms with Crippen molar-refractivity contribution in [1.82, 2.24) is 29.3 Å². The molecule has 1 saturated heterocycles. The van der Waals surface area contributed by atoms with E-state index in [0.29, 0.717) is 18.3 Å². The number of nitrogens with one attached hydrogen (secondary N) is 1. The maximum absolute atomic E-state index is 13.4. The molecule has 0 spiro atoms. The molecule has 1 aliphatic heterocycles. The lowest BCUT2D eigenvalue weighted by atomic mass is 9.97. The number of aryl methyl sites for hydroxylation is 2. The molecule has 1 amide bonds. The number of nitrogens with zero attached hydrogens (tertiary/aromatic N) is 6. The molecule has 3 aromatic heterocycles. The number of carbonyl (C=O) groups excluding carboxylic acids is 1. The molecule has 1 atom stereocenters. The van der Waals surface area contributed by atoms with Gasteiger partial charge < -0.3 is 9.64 Å². The molecule has 2 fully saturated rings. The van der Waals surface area contributed by atoms with Crippen LogP contribution in [0, 0.1) is 18.3 Å². The fraction of sp³-hybridized carbons (Fsp3) is 0.556. The summed E-state index contributed by atoms with van der Waals surface area (Å²) < 4.78 is 76.2. The van der Waals surface area contributed by atoms with E-state index >= 15 is 0 Å². The number of pyridine rings is 1. The highest BCUT2D eigenvalue weighted by Gasteiger charge is 2.62. The predicted molar refractivity (Wildman–Crippen MR) is 147 cm³/mol. The summed E-state index contributed by atoms with van der Waals surface area (Å²) in [6, 6.07) is 4.53. The molecule has 11 nitrogen and oxygen atoms in total. The first-order valence-corrected chi connectivity index (χ1v) is 15.1. The van der Waals surface area contributed by atoms with Crippen LogP contribution in [-0.4, -0.2) is 63.7 Å². The van der Waals surface area contributed by atoms with Crippen LogP contribution in [0.5, 0.6) is 5.88 Å². The summed E-state index contributed by atoms with van der Waals surface area (Å²) in [5, 5.41) is 8.37. The number of hydrogen-bond acceptors (Lipinski definition) is 8. The molecular formula is C27H34F3N7O4S. The van der Waals surface area contributed by atoms with Gasteiger partial charge in [-0.15, -0.1) is 5.10 Å². The second-order valence-corrected chi connectivity index (χ2v) is 13.6. The number of aromatic nitrogens is 5. The second kappa shape index (κ2) is 10.3. The van der Waals surface area contributed by atoms with Gasteiger partial charge >= 0.3 is 6.18 Å². The largest absolute Gasteiger partial charge is 0.477 e. The van der Waals surface area contributed by atoms with E-state index in [0.717, 1.165) is 6.42 Å². The molecule has 1 saturated carbocycles. The van der Waals surface area contributed by atoms with Crippen molar-refractivity contribution >= 4 is 21.7 Å². The first kappa shape index (κ1) is 29.9. The first-order chi connectivity index (χ1) is 19.5. The molecule has 0 unspecified atom stereocenters. The van der Waals surface area contributed by atoms with E-state index in [1.807, 2.05) is 18.7 Å². The summed E-state index contributed by atoms with van der Waals surface area (Å²) >= 11 is 0. The summed E-state index contributed by atoms with van der Waals surface area (Å²) in [7, 11) is -2.63. The van der Waals surface area contributed by atoms with Gasteiger partial charge in [-0.3, -0.25) is 9.48 Å². The highest BCUT2D eigenvalue weighted by Crippen LogP contribution is 2.59. The Morgan fingerprint density at radius 1 is 1.19 bits per heavy atom. The maximum atomic E-state index is 13.4. The summed E-state index contributed by atoms with van der Waals surface area (Å²) in [5.74, 6) is 0.208. The Morgan fingerprint density at radius 3 is 2.48 bits per heavy atom. The zero-order valence-electron chi connectivity index (χ0n) is 24.1. The van der Waals surface area contributed by atoms with Gasteiger partial charge in [-0.05, 0) is 64.5 Å². The van der Waals surface area contributed by atoms with E-state index in [4.69, 9.17) is 9.72 Å². The maximum Gasteiger partial charge on any atom is 0.394 e. The summed E-state index contributed by atoms with van der Waals surface area (Å²) in [6.07, 6.45) is -0.466. The van der Waals surface area contributed by atoms with Crippen LogP contribution < -0.4 is 14.4 Å². The van der Waals surface area contributed by atoms with Crippen LogP contribution >= 0.6 is 0 Å². The minimum Gasteiger partial charge on any atom is -0.477 e. The Kier molecular flexibility index (Phi) is 7.31. The minimum atomic E-state index is -4.25. The van der Waals surface area contributed by atoms with Crippen LogP contribution in [0.15, 0.2) is 35.5 Å². The topological polar surface area (TPSA) is 124 Å². The van der Waals surface area contributed by atoms with E-state index in [-0.39, 0.29) is 59.3 Å². The van der Waals surface area contributed by atoms with Gasteiger partial charge in [0.2, 0.25) is 5.88 Å². The molecule has 15 heteroatoms. The van der Waals surface area contributed by atoms with Crippen LogP contribution in [0.3, 0.4) is 0 Å². The molecule has 5 rings (SSSR count). The van der Waals surface area contributed by atoms with Crippen molar-refractivity contribution in [2.75, 3.05) is 18.1 Å².